The summed E-state index contributed by atoms with van der Waals surface area (Å²) >= 11 is 1.54. The number of rotatable bonds is 1. The molecular formula is C16H19FN2S. The van der Waals surface area contributed by atoms with Gasteiger partial charge in [0.25, 0.3) is 0 Å². The van der Waals surface area contributed by atoms with Crippen LogP contribution in [0.5, 0.6) is 0 Å². The number of halogens is 1. The summed E-state index contributed by atoms with van der Waals surface area (Å²) in [7, 11) is 0. The Hall–Kier alpha value is -1.26. The van der Waals surface area contributed by atoms with Crippen molar-refractivity contribution in [3.63, 3.8) is 0 Å². The van der Waals surface area contributed by atoms with Gasteiger partial charge in [-0.05, 0) is 42.9 Å². The van der Waals surface area contributed by atoms with Gasteiger partial charge in [-0.2, -0.15) is 0 Å². The van der Waals surface area contributed by atoms with Gasteiger partial charge >= 0.3 is 0 Å². The first-order valence-electron chi connectivity index (χ1n) is 6.87. The van der Waals surface area contributed by atoms with Gasteiger partial charge in [-0.1, -0.05) is 19.9 Å². The van der Waals surface area contributed by atoms with E-state index in [0.717, 1.165) is 34.0 Å². The SMILES string of the molecule is Cc1ccc(-c2nc3c(s2)C(N)CC(C)(C)C3)c(F)c1. The lowest BCUT2D eigenvalue weighted by Crippen LogP contribution is -2.28. The Balaban J connectivity index is 2.06. The second-order valence-corrected chi connectivity index (χ2v) is 7.50. The maximum atomic E-state index is 14.1. The van der Waals surface area contributed by atoms with Crippen LogP contribution in [0.4, 0.5) is 4.39 Å². The summed E-state index contributed by atoms with van der Waals surface area (Å²) in [6.07, 6.45) is 1.87. The van der Waals surface area contributed by atoms with Gasteiger partial charge < -0.3 is 5.73 Å². The van der Waals surface area contributed by atoms with Crippen LogP contribution in [0, 0.1) is 18.2 Å². The number of hydrogen-bond donors (Lipinski definition) is 1. The highest BCUT2D eigenvalue weighted by atomic mass is 32.1. The zero-order valence-corrected chi connectivity index (χ0v) is 12.9. The fourth-order valence-electron chi connectivity index (χ4n) is 2.90. The average Bonchev–Trinajstić information content (AvgIpc) is 2.70. The van der Waals surface area contributed by atoms with Crippen molar-refractivity contribution in [1.82, 2.24) is 4.98 Å². The number of nitrogens with zero attached hydrogens (tertiary/aromatic N) is 1. The lowest BCUT2D eigenvalue weighted by atomic mass is 9.77. The van der Waals surface area contributed by atoms with Crippen LogP contribution >= 0.6 is 11.3 Å². The van der Waals surface area contributed by atoms with Crippen LogP contribution in [0.1, 0.15) is 42.4 Å². The summed E-state index contributed by atoms with van der Waals surface area (Å²) in [4.78, 5) is 5.78. The van der Waals surface area contributed by atoms with Crippen LogP contribution < -0.4 is 5.73 Å². The van der Waals surface area contributed by atoms with Crippen molar-refractivity contribution in [2.45, 2.75) is 39.7 Å². The van der Waals surface area contributed by atoms with Crippen LogP contribution in [-0.2, 0) is 6.42 Å². The summed E-state index contributed by atoms with van der Waals surface area (Å²) in [5.41, 5.74) is 8.98. The Kier molecular flexibility index (Phi) is 3.18. The molecule has 0 aliphatic heterocycles. The highest BCUT2D eigenvalue weighted by Gasteiger charge is 2.33. The molecular weight excluding hydrogens is 271 g/mol. The molecule has 1 aromatic carbocycles. The van der Waals surface area contributed by atoms with E-state index in [1.807, 2.05) is 19.1 Å². The number of benzene rings is 1. The third-order valence-corrected chi connectivity index (χ3v) is 5.10. The molecule has 0 saturated heterocycles. The minimum Gasteiger partial charge on any atom is -0.323 e. The molecule has 106 valence electrons. The third kappa shape index (κ3) is 2.38. The number of nitrogens with two attached hydrogens (primary N) is 1. The molecule has 0 fully saturated rings. The van der Waals surface area contributed by atoms with E-state index in [0.29, 0.717) is 5.56 Å². The van der Waals surface area contributed by atoms with Crippen LogP contribution in [0.15, 0.2) is 18.2 Å². The third-order valence-electron chi connectivity index (χ3n) is 3.84. The van der Waals surface area contributed by atoms with Gasteiger partial charge in [0.15, 0.2) is 0 Å². The Bertz CT molecular complexity index is 660. The number of fused-ring (bicyclic) bond motifs is 1. The topological polar surface area (TPSA) is 38.9 Å². The molecule has 0 amide bonds. The molecule has 2 aromatic rings. The van der Waals surface area contributed by atoms with E-state index in [4.69, 9.17) is 5.73 Å². The highest BCUT2D eigenvalue weighted by molar-refractivity contribution is 7.15. The van der Waals surface area contributed by atoms with Gasteiger partial charge in [0.2, 0.25) is 0 Å². The summed E-state index contributed by atoms with van der Waals surface area (Å²) in [6.45, 7) is 6.31. The minimum atomic E-state index is -0.205. The maximum Gasteiger partial charge on any atom is 0.133 e. The fourth-order valence-corrected chi connectivity index (χ4v) is 4.01. The Labute approximate surface area is 122 Å². The predicted octanol–water partition coefficient (Wildman–Crippen LogP) is 4.23. The molecule has 0 radical (unpaired) electrons. The second-order valence-electron chi connectivity index (χ2n) is 6.46. The molecule has 3 rings (SSSR count). The smallest absolute Gasteiger partial charge is 0.133 e. The monoisotopic (exact) mass is 290 g/mol. The molecule has 4 heteroatoms. The van der Waals surface area contributed by atoms with Crippen molar-refractivity contribution in [3.8, 4) is 10.6 Å². The normalized spacial score (nSPS) is 20.8. The lowest BCUT2D eigenvalue weighted by molar-refractivity contribution is 0.282. The van der Waals surface area contributed by atoms with Crippen LogP contribution in [0.25, 0.3) is 10.6 Å². The van der Waals surface area contributed by atoms with E-state index in [1.54, 1.807) is 17.4 Å². The molecule has 20 heavy (non-hydrogen) atoms. The maximum absolute atomic E-state index is 14.1. The van der Waals surface area contributed by atoms with Gasteiger partial charge in [-0.25, -0.2) is 9.37 Å². The largest absolute Gasteiger partial charge is 0.323 e. The number of hydrogen-bond acceptors (Lipinski definition) is 3. The summed E-state index contributed by atoms with van der Waals surface area (Å²) in [6, 6.07) is 5.31. The van der Waals surface area contributed by atoms with E-state index in [9.17, 15) is 4.39 Å². The summed E-state index contributed by atoms with van der Waals surface area (Å²) < 4.78 is 14.1. The molecule has 1 aromatic heterocycles. The quantitative estimate of drug-likeness (QED) is 0.853. The van der Waals surface area contributed by atoms with Gasteiger partial charge in [0, 0.05) is 16.5 Å². The molecule has 2 N–H and O–H groups in total. The van der Waals surface area contributed by atoms with Gasteiger partial charge in [0.05, 0.1) is 5.69 Å². The Morgan fingerprint density at radius 2 is 2.15 bits per heavy atom. The zero-order chi connectivity index (χ0) is 14.5. The first kappa shape index (κ1) is 13.7. The molecule has 0 saturated carbocycles. The zero-order valence-electron chi connectivity index (χ0n) is 12.0. The van der Waals surface area contributed by atoms with E-state index in [-0.39, 0.29) is 17.3 Å². The molecule has 1 atom stereocenters. The number of aryl methyl sites for hydroxylation is 1. The standard InChI is InChI=1S/C16H19FN2S/c1-9-4-5-10(11(17)6-9)15-19-13-8-16(2,3)7-12(18)14(13)20-15/h4-6,12H,7-8,18H2,1-3H3. The van der Waals surface area contributed by atoms with Gasteiger partial charge in [0.1, 0.15) is 10.8 Å². The van der Waals surface area contributed by atoms with E-state index in [1.165, 1.54) is 0 Å². The molecule has 0 bridgehead atoms. The summed E-state index contributed by atoms with van der Waals surface area (Å²) in [5.74, 6) is -0.205. The predicted molar refractivity (Wildman–Crippen MR) is 81.3 cm³/mol. The van der Waals surface area contributed by atoms with E-state index < -0.39 is 0 Å². The molecule has 0 spiro atoms. The van der Waals surface area contributed by atoms with Crippen LogP contribution in [0.2, 0.25) is 0 Å². The lowest BCUT2D eigenvalue weighted by Gasteiger charge is -2.32. The highest BCUT2D eigenvalue weighted by Crippen LogP contribution is 2.44. The van der Waals surface area contributed by atoms with Crippen molar-refractivity contribution >= 4 is 11.3 Å². The minimum absolute atomic E-state index is 0.0218. The Morgan fingerprint density at radius 1 is 1.40 bits per heavy atom. The number of aromatic nitrogens is 1. The van der Waals surface area contributed by atoms with Crippen molar-refractivity contribution in [3.05, 3.63) is 40.2 Å². The van der Waals surface area contributed by atoms with E-state index in [2.05, 4.69) is 18.8 Å². The number of thiazole rings is 1. The van der Waals surface area contributed by atoms with Gasteiger partial charge in [-0.3, -0.25) is 0 Å². The van der Waals surface area contributed by atoms with Crippen molar-refractivity contribution in [2.24, 2.45) is 11.1 Å². The van der Waals surface area contributed by atoms with E-state index >= 15 is 0 Å². The Morgan fingerprint density at radius 3 is 2.85 bits per heavy atom. The first-order valence-corrected chi connectivity index (χ1v) is 7.69. The van der Waals surface area contributed by atoms with Crippen LogP contribution in [0.3, 0.4) is 0 Å². The molecule has 1 heterocycles. The van der Waals surface area contributed by atoms with Crippen molar-refractivity contribution < 1.29 is 4.39 Å². The van der Waals surface area contributed by atoms with Gasteiger partial charge in [-0.15, -0.1) is 11.3 Å². The average molecular weight is 290 g/mol. The summed E-state index contributed by atoms with van der Waals surface area (Å²) in [5, 5.41) is 0.751. The molecule has 1 unspecified atom stereocenters. The molecule has 2 nitrogen and oxygen atoms in total. The molecule has 1 aliphatic carbocycles. The van der Waals surface area contributed by atoms with Crippen LogP contribution in [-0.4, -0.2) is 4.98 Å². The molecule has 1 aliphatic rings. The fraction of sp³-hybridized carbons (Fsp3) is 0.438. The van der Waals surface area contributed by atoms with Crippen molar-refractivity contribution in [2.75, 3.05) is 0 Å². The second kappa shape index (κ2) is 4.64. The van der Waals surface area contributed by atoms with Crippen molar-refractivity contribution in [1.29, 1.82) is 0 Å². The first-order chi connectivity index (χ1) is 9.35.